The van der Waals surface area contributed by atoms with Crippen molar-refractivity contribution in [2.45, 2.75) is 6.16 Å². The predicted molar refractivity (Wildman–Crippen MR) is 133 cm³/mol. The van der Waals surface area contributed by atoms with Gasteiger partial charge < -0.3 is 14.4 Å². The van der Waals surface area contributed by atoms with E-state index in [1.807, 2.05) is 66.7 Å². The summed E-state index contributed by atoms with van der Waals surface area (Å²) in [5.74, 6) is 0.795. The summed E-state index contributed by atoms with van der Waals surface area (Å²) >= 11 is 0. The Balaban J connectivity index is 1.72. The zero-order valence-corrected chi connectivity index (χ0v) is 19.0. The lowest BCUT2D eigenvalue weighted by molar-refractivity contribution is -0.314. The first-order valence-electron chi connectivity index (χ1n) is 11.0. The molecule has 5 aromatic carbocycles. The fourth-order valence-corrected chi connectivity index (χ4v) is 5.37. The van der Waals surface area contributed by atoms with E-state index in [2.05, 4.69) is 28.8 Å². The highest BCUT2D eigenvalue weighted by Crippen LogP contribution is 2.39. The van der Waals surface area contributed by atoms with Crippen LogP contribution in [-0.4, -0.2) is 9.55 Å². The van der Waals surface area contributed by atoms with Gasteiger partial charge in [0.15, 0.2) is 0 Å². The standard InChI is InChI=1S/C28H21N2O3P/c31-34(32,33)18-19-14-16-21(17-15-19)30-27-25-13-7-5-11-23(25)22-10-4-6-12-24(22)26(27)29-28(30)20-8-2-1-3-9-20/h1-17H,18H2,(H2,31,32,33)/p-2. The Bertz CT molecular complexity index is 1720. The van der Waals surface area contributed by atoms with Crippen LogP contribution in [0.15, 0.2) is 103 Å². The van der Waals surface area contributed by atoms with Gasteiger partial charge in [0.1, 0.15) is 5.82 Å². The summed E-state index contributed by atoms with van der Waals surface area (Å²) in [6, 6.07) is 33.7. The maximum absolute atomic E-state index is 11.3. The van der Waals surface area contributed by atoms with Crippen LogP contribution in [0.25, 0.3) is 49.7 Å². The quantitative estimate of drug-likeness (QED) is 0.259. The van der Waals surface area contributed by atoms with Gasteiger partial charge in [-0.1, -0.05) is 98.6 Å². The lowest BCUT2D eigenvalue weighted by Gasteiger charge is -2.29. The molecule has 0 radical (unpaired) electrons. The second-order valence-corrected chi connectivity index (χ2v) is 9.90. The average molecular weight is 462 g/mol. The highest BCUT2D eigenvalue weighted by Gasteiger charge is 2.19. The summed E-state index contributed by atoms with van der Waals surface area (Å²) < 4.78 is 13.4. The summed E-state index contributed by atoms with van der Waals surface area (Å²) in [6.45, 7) is 0. The molecule has 0 amide bonds. The van der Waals surface area contributed by atoms with Crippen LogP contribution < -0.4 is 9.79 Å². The zero-order chi connectivity index (χ0) is 23.3. The van der Waals surface area contributed by atoms with Gasteiger partial charge in [-0.05, 0) is 28.5 Å². The third-order valence-corrected chi connectivity index (χ3v) is 6.89. The average Bonchev–Trinajstić information content (AvgIpc) is 3.25. The molecule has 0 aliphatic rings. The molecule has 0 spiro atoms. The highest BCUT2D eigenvalue weighted by atomic mass is 31.2. The van der Waals surface area contributed by atoms with E-state index in [0.717, 1.165) is 49.7 Å². The Kier molecular flexibility index (Phi) is 4.85. The van der Waals surface area contributed by atoms with E-state index >= 15 is 0 Å². The number of nitrogens with zero attached hydrogens (tertiary/aromatic N) is 2. The Labute approximate surface area is 196 Å². The molecule has 0 saturated carbocycles. The van der Waals surface area contributed by atoms with Crippen LogP contribution in [0.4, 0.5) is 0 Å². The van der Waals surface area contributed by atoms with Gasteiger partial charge in [-0.25, -0.2) is 4.98 Å². The largest absolute Gasteiger partial charge is 0.810 e. The molecule has 1 aromatic heterocycles. The van der Waals surface area contributed by atoms with Crippen LogP contribution in [-0.2, 0) is 10.7 Å². The van der Waals surface area contributed by atoms with Crippen molar-refractivity contribution in [3.05, 3.63) is 109 Å². The minimum Gasteiger partial charge on any atom is -0.810 e. The second kappa shape index (κ2) is 7.93. The van der Waals surface area contributed by atoms with E-state index < -0.39 is 13.8 Å². The maximum atomic E-state index is 11.3. The molecule has 34 heavy (non-hydrogen) atoms. The summed E-state index contributed by atoms with van der Waals surface area (Å²) in [5.41, 5.74) is 4.18. The molecule has 0 saturated heterocycles. The number of fused-ring (bicyclic) bond motifs is 6. The van der Waals surface area contributed by atoms with Gasteiger partial charge in [0.25, 0.3) is 0 Å². The number of benzene rings is 5. The van der Waals surface area contributed by atoms with Crippen LogP contribution in [0.3, 0.4) is 0 Å². The van der Waals surface area contributed by atoms with Gasteiger partial charge in [-0.3, -0.25) is 4.57 Å². The number of hydrogen-bond donors (Lipinski definition) is 0. The molecule has 1 heterocycles. The van der Waals surface area contributed by atoms with Crippen molar-refractivity contribution < 1.29 is 14.4 Å². The molecule has 0 aliphatic heterocycles. The minimum absolute atomic E-state index is 0.470. The van der Waals surface area contributed by atoms with Gasteiger partial charge in [0.2, 0.25) is 0 Å². The lowest BCUT2D eigenvalue weighted by atomic mass is 10.00. The predicted octanol–water partition coefficient (Wildman–Crippen LogP) is 5.41. The fourth-order valence-electron chi connectivity index (χ4n) is 4.71. The van der Waals surface area contributed by atoms with Gasteiger partial charge >= 0.3 is 0 Å². The van der Waals surface area contributed by atoms with E-state index in [-0.39, 0.29) is 0 Å². The molecule has 0 aliphatic carbocycles. The maximum Gasteiger partial charge on any atom is 0.145 e. The molecule has 166 valence electrons. The van der Waals surface area contributed by atoms with E-state index in [1.54, 1.807) is 12.1 Å². The molecule has 0 fully saturated rings. The van der Waals surface area contributed by atoms with Gasteiger partial charge in [-0.2, -0.15) is 0 Å². The minimum atomic E-state index is -4.64. The van der Waals surface area contributed by atoms with Crippen molar-refractivity contribution >= 4 is 40.2 Å². The normalized spacial score (nSPS) is 12.1. The first-order chi connectivity index (χ1) is 16.5. The van der Waals surface area contributed by atoms with Crippen molar-refractivity contribution in [2.75, 3.05) is 0 Å². The topological polar surface area (TPSA) is 81.0 Å². The molecule has 0 atom stereocenters. The number of rotatable bonds is 4. The molecule has 0 bridgehead atoms. The Morgan fingerprint density at radius 1 is 0.676 bits per heavy atom. The Morgan fingerprint density at radius 2 is 1.24 bits per heavy atom. The molecular weight excluding hydrogens is 443 g/mol. The van der Waals surface area contributed by atoms with Gasteiger partial charge in [0.05, 0.1) is 11.0 Å². The Morgan fingerprint density at radius 3 is 1.88 bits per heavy atom. The molecule has 5 nitrogen and oxygen atoms in total. The Hall–Kier alpha value is -3.76. The van der Waals surface area contributed by atoms with Gasteiger partial charge in [-0.15, -0.1) is 0 Å². The third-order valence-electron chi connectivity index (χ3n) is 6.13. The summed E-state index contributed by atoms with van der Waals surface area (Å²) in [4.78, 5) is 27.7. The summed E-state index contributed by atoms with van der Waals surface area (Å²) in [5, 5.41) is 4.44. The van der Waals surface area contributed by atoms with E-state index in [1.165, 1.54) is 0 Å². The van der Waals surface area contributed by atoms with E-state index in [4.69, 9.17) is 4.98 Å². The van der Waals surface area contributed by atoms with Crippen molar-refractivity contribution in [2.24, 2.45) is 0 Å². The molecule has 6 rings (SSSR count). The van der Waals surface area contributed by atoms with E-state index in [9.17, 15) is 14.4 Å². The fraction of sp³-hybridized carbons (Fsp3) is 0.0357. The van der Waals surface area contributed by atoms with Crippen molar-refractivity contribution in [3.63, 3.8) is 0 Å². The van der Waals surface area contributed by atoms with E-state index in [0.29, 0.717) is 5.56 Å². The first-order valence-corrected chi connectivity index (χ1v) is 12.7. The third kappa shape index (κ3) is 3.51. The second-order valence-electron chi connectivity index (χ2n) is 8.36. The van der Waals surface area contributed by atoms with Crippen LogP contribution in [0.2, 0.25) is 0 Å². The van der Waals surface area contributed by atoms with Crippen molar-refractivity contribution in [3.8, 4) is 17.1 Å². The smallest absolute Gasteiger partial charge is 0.145 e. The monoisotopic (exact) mass is 462 g/mol. The van der Waals surface area contributed by atoms with Crippen molar-refractivity contribution in [1.29, 1.82) is 0 Å². The molecule has 6 aromatic rings. The van der Waals surface area contributed by atoms with Crippen molar-refractivity contribution in [1.82, 2.24) is 9.55 Å². The highest BCUT2D eigenvalue weighted by molar-refractivity contribution is 7.47. The number of aromatic nitrogens is 2. The van der Waals surface area contributed by atoms with Crippen LogP contribution in [0.5, 0.6) is 0 Å². The summed E-state index contributed by atoms with van der Waals surface area (Å²) in [7, 11) is -4.64. The lowest BCUT2D eigenvalue weighted by Crippen LogP contribution is -2.15. The first kappa shape index (κ1) is 20.8. The number of imidazole rings is 1. The molecule has 6 heteroatoms. The number of hydrogen-bond acceptors (Lipinski definition) is 4. The SMILES string of the molecule is O=P([O-])([O-])Cc1ccc(-n2c(-c3ccccc3)nc3c4ccccc4c4ccccc4c32)cc1. The van der Waals surface area contributed by atoms with Gasteiger partial charge in [0, 0.05) is 28.2 Å². The zero-order valence-electron chi connectivity index (χ0n) is 18.1. The molecule has 0 unspecified atom stereocenters. The summed E-state index contributed by atoms with van der Waals surface area (Å²) in [6.07, 6.45) is -0.503. The van der Waals surface area contributed by atoms with Crippen LogP contribution in [0, 0.1) is 0 Å². The molecular formula is C28H19N2O3P-2. The van der Waals surface area contributed by atoms with Crippen LogP contribution >= 0.6 is 7.60 Å². The van der Waals surface area contributed by atoms with Crippen LogP contribution in [0.1, 0.15) is 5.56 Å². The molecule has 0 N–H and O–H groups in total.